The first-order valence-electron chi connectivity index (χ1n) is 6.78. The van der Waals surface area contributed by atoms with Crippen LogP contribution in [0.15, 0.2) is 60.7 Å². The highest BCUT2D eigenvalue weighted by Crippen LogP contribution is 2.09. The molecule has 0 radical (unpaired) electrons. The van der Waals surface area contributed by atoms with E-state index in [1.807, 2.05) is 42.5 Å². The van der Waals surface area contributed by atoms with Crippen LogP contribution in [0.3, 0.4) is 0 Å². The highest BCUT2D eigenvalue weighted by molar-refractivity contribution is 5.74. The number of nitrogens with one attached hydrogen (secondary N) is 2. The SMILES string of the molecule is C(=C/c1ccccc1)/CNCc1nc2ccccc2[nH]1. The molecule has 0 amide bonds. The van der Waals surface area contributed by atoms with Crippen LogP contribution in [0.5, 0.6) is 0 Å². The Labute approximate surface area is 118 Å². The van der Waals surface area contributed by atoms with Crippen LogP contribution in [0.4, 0.5) is 0 Å². The van der Waals surface area contributed by atoms with Crippen molar-refractivity contribution in [2.45, 2.75) is 6.54 Å². The van der Waals surface area contributed by atoms with Crippen LogP contribution in [-0.2, 0) is 6.54 Å². The summed E-state index contributed by atoms with van der Waals surface area (Å²) in [4.78, 5) is 7.83. The fraction of sp³-hybridized carbons (Fsp3) is 0.118. The van der Waals surface area contributed by atoms with E-state index < -0.39 is 0 Å². The van der Waals surface area contributed by atoms with Crippen LogP contribution < -0.4 is 5.32 Å². The lowest BCUT2D eigenvalue weighted by Crippen LogP contribution is -2.13. The maximum Gasteiger partial charge on any atom is 0.121 e. The second-order valence-corrected chi connectivity index (χ2v) is 4.64. The van der Waals surface area contributed by atoms with Gasteiger partial charge in [-0.2, -0.15) is 0 Å². The molecule has 3 nitrogen and oxygen atoms in total. The lowest BCUT2D eigenvalue weighted by atomic mass is 10.2. The minimum absolute atomic E-state index is 0.744. The summed E-state index contributed by atoms with van der Waals surface area (Å²) in [5.74, 6) is 0.972. The molecular formula is C17H17N3. The topological polar surface area (TPSA) is 40.7 Å². The summed E-state index contributed by atoms with van der Waals surface area (Å²) in [6.07, 6.45) is 4.24. The molecule has 20 heavy (non-hydrogen) atoms. The van der Waals surface area contributed by atoms with E-state index >= 15 is 0 Å². The first-order chi connectivity index (χ1) is 9.92. The van der Waals surface area contributed by atoms with Crippen molar-refractivity contribution in [2.24, 2.45) is 0 Å². The fourth-order valence-corrected chi connectivity index (χ4v) is 2.12. The quantitative estimate of drug-likeness (QED) is 0.693. The molecule has 1 aromatic heterocycles. The van der Waals surface area contributed by atoms with Gasteiger partial charge in [0.25, 0.3) is 0 Å². The summed E-state index contributed by atoms with van der Waals surface area (Å²) in [6.45, 7) is 1.57. The number of H-pyrrole nitrogens is 1. The third-order valence-electron chi connectivity index (χ3n) is 3.10. The van der Waals surface area contributed by atoms with Gasteiger partial charge in [-0.25, -0.2) is 4.98 Å². The van der Waals surface area contributed by atoms with Gasteiger partial charge in [0.15, 0.2) is 0 Å². The lowest BCUT2D eigenvalue weighted by Gasteiger charge is -1.97. The highest BCUT2D eigenvalue weighted by atomic mass is 15.0. The Balaban J connectivity index is 1.51. The summed E-state index contributed by atoms with van der Waals surface area (Å²) in [6, 6.07) is 18.4. The Bertz CT molecular complexity index is 665. The molecule has 3 rings (SSSR count). The van der Waals surface area contributed by atoms with Crippen LogP contribution in [0.1, 0.15) is 11.4 Å². The van der Waals surface area contributed by atoms with Gasteiger partial charge in [0.1, 0.15) is 5.82 Å². The van der Waals surface area contributed by atoms with Crippen LogP contribution in [0.25, 0.3) is 17.1 Å². The Kier molecular flexibility index (Phi) is 3.90. The zero-order valence-electron chi connectivity index (χ0n) is 11.2. The molecule has 0 aliphatic rings. The maximum atomic E-state index is 4.53. The van der Waals surface area contributed by atoms with Crippen molar-refractivity contribution in [1.82, 2.24) is 15.3 Å². The molecule has 1 heterocycles. The Morgan fingerprint density at radius 3 is 2.65 bits per heavy atom. The van der Waals surface area contributed by atoms with Gasteiger partial charge in [-0.1, -0.05) is 54.6 Å². The van der Waals surface area contributed by atoms with Crippen molar-refractivity contribution in [1.29, 1.82) is 0 Å². The molecule has 0 aliphatic heterocycles. The molecular weight excluding hydrogens is 246 g/mol. The molecule has 0 saturated heterocycles. The molecule has 2 N–H and O–H groups in total. The van der Waals surface area contributed by atoms with Gasteiger partial charge in [-0.3, -0.25) is 0 Å². The number of para-hydroxylation sites is 2. The first kappa shape index (κ1) is 12.6. The van der Waals surface area contributed by atoms with Crippen LogP contribution in [0, 0.1) is 0 Å². The number of hydrogen-bond donors (Lipinski definition) is 2. The molecule has 2 aromatic carbocycles. The van der Waals surface area contributed by atoms with Crippen LogP contribution in [0.2, 0.25) is 0 Å². The van der Waals surface area contributed by atoms with E-state index in [1.54, 1.807) is 0 Å². The molecule has 0 atom stereocenters. The number of imidazole rings is 1. The zero-order chi connectivity index (χ0) is 13.6. The lowest BCUT2D eigenvalue weighted by molar-refractivity contribution is 0.728. The van der Waals surface area contributed by atoms with Gasteiger partial charge in [-0.05, 0) is 17.7 Å². The van der Waals surface area contributed by atoms with E-state index in [4.69, 9.17) is 0 Å². The van der Waals surface area contributed by atoms with E-state index in [0.717, 1.165) is 29.9 Å². The molecule has 0 spiro atoms. The van der Waals surface area contributed by atoms with Gasteiger partial charge in [0.05, 0.1) is 17.6 Å². The molecule has 0 fully saturated rings. The molecule has 0 aliphatic carbocycles. The van der Waals surface area contributed by atoms with Crippen LogP contribution >= 0.6 is 0 Å². The average Bonchev–Trinajstić information content (AvgIpc) is 2.90. The largest absolute Gasteiger partial charge is 0.341 e. The van der Waals surface area contributed by atoms with E-state index in [2.05, 4.69) is 39.6 Å². The summed E-state index contributed by atoms with van der Waals surface area (Å²) < 4.78 is 0. The molecule has 0 unspecified atom stereocenters. The number of fused-ring (bicyclic) bond motifs is 1. The van der Waals surface area contributed by atoms with E-state index in [1.165, 1.54) is 5.56 Å². The van der Waals surface area contributed by atoms with Gasteiger partial charge in [0.2, 0.25) is 0 Å². The summed E-state index contributed by atoms with van der Waals surface area (Å²) in [5, 5.41) is 3.35. The van der Waals surface area contributed by atoms with E-state index in [-0.39, 0.29) is 0 Å². The smallest absolute Gasteiger partial charge is 0.121 e. The molecule has 100 valence electrons. The van der Waals surface area contributed by atoms with Gasteiger partial charge in [-0.15, -0.1) is 0 Å². The van der Waals surface area contributed by atoms with E-state index in [0.29, 0.717) is 0 Å². The van der Waals surface area contributed by atoms with Crippen molar-refractivity contribution in [3.63, 3.8) is 0 Å². The van der Waals surface area contributed by atoms with Crippen molar-refractivity contribution in [3.05, 3.63) is 72.1 Å². The summed E-state index contributed by atoms with van der Waals surface area (Å²) in [5.41, 5.74) is 3.33. The normalized spacial score (nSPS) is 11.4. The molecule has 3 heteroatoms. The molecule has 0 bridgehead atoms. The monoisotopic (exact) mass is 263 g/mol. The summed E-state index contributed by atoms with van der Waals surface area (Å²) in [7, 11) is 0. The van der Waals surface area contributed by atoms with Gasteiger partial charge < -0.3 is 10.3 Å². The fourth-order valence-electron chi connectivity index (χ4n) is 2.12. The zero-order valence-corrected chi connectivity index (χ0v) is 11.2. The highest BCUT2D eigenvalue weighted by Gasteiger charge is 1.99. The number of aromatic amines is 1. The number of aromatic nitrogens is 2. The average molecular weight is 263 g/mol. The minimum atomic E-state index is 0.744. The Morgan fingerprint density at radius 2 is 1.80 bits per heavy atom. The van der Waals surface area contributed by atoms with Gasteiger partial charge in [0, 0.05) is 6.54 Å². The van der Waals surface area contributed by atoms with E-state index in [9.17, 15) is 0 Å². The standard InChI is InChI=1S/C17H17N3/c1-2-7-14(8-3-1)9-6-12-18-13-17-19-15-10-4-5-11-16(15)20-17/h1-11,18H,12-13H2,(H,19,20)/b9-6-. The third kappa shape index (κ3) is 3.13. The van der Waals surface area contributed by atoms with Gasteiger partial charge >= 0.3 is 0 Å². The molecule has 0 saturated carbocycles. The van der Waals surface area contributed by atoms with Crippen molar-refractivity contribution >= 4 is 17.1 Å². The predicted molar refractivity (Wildman–Crippen MR) is 83.3 cm³/mol. The minimum Gasteiger partial charge on any atom is -0.341 e. The Hall–Kier alpha value is -2.39. The second-order valence-electron chi connectivity index (χ2n) is 4.64. The van der Waals surface area contributed by atoms with Crippen LogP contribution in [-0.4, -0.2) is 16.5 Å². The Morgan fingerprint density at radius 1 is 1.00 bits per heavy atom. The second kappa shape index (κ2) is 6.17. The number of nitrogens with zero attached hydrogens (tertiary/aromatic N) is 1. The third-order valence-corrected chi connectivity index (χ3v) is 3.10. The summed E-state index contributed by atoms with van der Waals surface area (Å²) >= 11 is 0. The maximum absolute atomic E-state index is 4.53. The number of hydrogen-bond acceptors (Lipinski definition) is 2. The first-order valence-corrected chi connectivity index (χ1v) is 6.78. The number of rotatable bonds is 5. The van der Waals surface area contributed by atoms with Crippen molar-refractivity contribution in [3.8, 4) is 0 Å². The van der Waals surface area contributed by atoms with Crippen molar-refractivity contribution in [2.75, 3.05) is 6.54 Å². The number of benzene rings is 2. The molecule has 3 aromatic rings. The van der Waals surface area contributed by atoms with Crippen molar-refractivity contribution < 1.29 is 0 Å². The predicted octanol–water partition coefficient (Wildman–Crippen LogP) is 3.37.